The number of nitrogens with two attached hydrogens (primary N) is 1. The number of aliphatic hydroxyl groups excluding tert-OH is 1. The molecule has 0 amide bonds. The second kappa shape index (κ2) is 8.63. The van der Waals surface area contributed by atoms with E-state index in [0.29, 0.717) is 11.4 Å². The van der Waals surface area contributed by atoms with Gasteiger partial charge in [0.15, 0.2) is 0 Å². The normalized spacial score (nSPS) is 26.1. The lowest BCUT2D eigenvalue weighted by Gasteiger charge is -2.30. The molecule has 1 spiro atoms. The summed E-state index contributed by atoms with van der Waals surface area (Å²) < 4.78 is 26.7. The fourth-order valence-electron chi connectivity index (χ4n) is 3.50. The lowest BCUT2D eigenvalue weighted by Crippen LogP contribution is -2.46. The third kappa shape index (κ3) is 5.03. The van der Waals surface area contributed by atoms with Crippen molar-refractivity contribution in [2.24, 2.45) is 5.73 Å². The minimum absolute atomic E-state index is 0.0467. The summed E-state index contributed by atoms with van der Waals surface area (Å²) in [4.78, 5) is 0.434. The summed E-state index contributed by atoms with van der Waals surface area (Å²) in [5, 5.41) is 8.82. The number of nitrogens with zero attached hydrogens (tertiary/aromatic N) is 1. The van der Waals surface area contributed by atoms with Crippen LogP contribution in [0.25, 0.3) is 0 Å². The zero-order valence-electron chi connectivity index (χ0n) is 15.9. The van der Waals surface area contributed by atoms with Crippen molar-refractivity contribution >= 4 is 33.5 Å². The SMILES string of the molecule is Cc1ccc(S(=O)(=O)N2CC23CCSCC3)cc1.NC1(CO)CCSCC1. The van der Waals surface area contributed by atoms with Crippen molar-refractivity contribution in [1.29, 1.82) is 0 Å². The zero-order chi connectivity index (χ0) is 19.5. The summed E-state index contributed by atoms with van der Waals surface area (Å²) in [5.74, 6) is 4.38. The van der Waals surface area contributed by atoms with E-state index in [9.17, 15) is 8.42 Å². The molecule has 3 aliphatic rings. The molecule has 0 saturated carbocycles. The van der Waals surface area contributed by atoms with E-state index in [4.69, 9.17) is 10.8 Å². The predicted octanol–water partition coefficient (Wildman–Crippen LogP) is 2.47. The van der Waals surface area contributed by atoms with Crippen molar-refractivity contribution in [1.82, 2.24) is 4.31 Å². The highest BCUT2D eigenvalue weighted by Gasteiger charge is 2.58. The van der Waals surface area contributed by atoms with Crippen molar-refractivity contribution in [3.05, 3.63) is 29.8 Å². The van der Waals surface area contributed by atoms with Crippen molar-refractivity contribution < 1.29 is 13.5 Å². The number of sulfonamides is 1. The highest BCUT2D eigenvalue weighted by molar-refractivity contribution is 7.99. The van der Waals surface area contributed by atoms with Gasteiger partial charge in [-0.3, -0.25) is 0 Å². The monoisotopic (exact) mass is 430 g/mol. The first-order valence-electron chi connectivity index (χ1n) is 9.46. The van der Waals surface area contributed by atoms with Gasteiger partial charge in [-0.2, -0.15) is 27.8 Å². The van der Waals surface area contributed by atoms with E-state index in [1.165, 1.54) is 0 Å². The van der Waals surface area contributed by atoms with E-state index >= 15 is 0 Å². The minimum atomic E-state index is -3.27. The molecule has 1 atom stereocenters. The van der Waals surface area contributed by atoms with E-state index in [1.54, 1.807) is 16.4 Å². The Balaban J connectivity index is 0.000000197. The number of thioether (sulfide) groups is 2. The maximum Gasteiger partial charge on any atom is 0.243 e. The van der Waals surface area contributed by atoms with Gasteiger partial charge in [0.1, 0.15) is 0 Å². The summed E-state index contributed by atoms with van der Waals surface area (Å²) in [5.41, 5.74) is 6.59. The molecule has 3 fully saturated rings. The predicted molar refractivity (Wildman–Crippen MR) is 115 cm³/mol. The van der Waals surface area contributed by atoms with Crippen LogP contribution in [-0.4, -0.2) is 65.1 Å². The maximum absolute atomic E-state index is 12.5. The van der Waals surface area contributed by atoms with Gasteiger partial charge in [0, 0.05) is 12.1 Å². The Morgan fingerprint density at radius 3 is 2.04 bits per heavy atom. The van der Waals surface area contributed by atoms with Crippen LogP contribution >= 0.6 is 23.5 Å². The highest BCUT2D eigenvalue weighted by Crippen LogP contribution is 2.47. The van der Waals surface area contributed by atoms with Crippen LogP contribution in [0.4, 0.5) is 0 Å². The molecule has 5 nitrogen and oxygen atoms in total. The maximum atomic E-state index is 12.5. The Morgan fingerprint density at radius 2 is 1.56 bits per heavy atom. The van der Waals surface area contributed by atoms with Crippen molar-refractivity contribution in [3.63, 3.8) is 0 Å². The molecule has 0 bridgehead atoms. The lowest BCUT2D eigenvalue weighted by atomic mass is 9.95. The molecule has 8 heteroatoms. The number of benzene rings is 1. The molecule has 3 N–H and O–H groups in total. The molecule has 0 aromatic heterocycles. The van der Waals surface area contributed by atoms with Gasteiger partial charge in [0.2, 0.25) is 10.0 Å². The van der Waals surface area contributed by atoms with Gasteiger partial charge in [-0.15, -0.1) is 0 Å². The average Bonchev–Trinajstić information content (AvgIpc) is 3.38. The molecule has 3 saturated heterocycles. The third-order valence-corrected chi connectivity index (χ3v) is 9.64. The van der Waals surface area contributed by atoms with Crippen LogP contribution < -0.4 is 5.73 Å². The zero-order valence-corrected chi connectivity index (χ0v) is 18.3. The molecule has 0 aliphatic carbocycles. The van der Waals surface area contributed by atoms with Crippen LogP contribution in [-0.2, 0) is 10.0 Å². The number of hydrogen-bond donors (Lipinski definition) is 2. The summed E-state index contributed by atoms with van der Waals surface area (Å²) >= 11 is 3.85. The van der Waals surface area contributed by atoms with E-state index in [0.717, 1.165) is 54.3 Å². The second-order valence-electron chi connectivity index (χ2n) is 7.79. The Hall–Kier alpha value is -0.250. The van der Waals surface area contributed by atoms with Crippen LogP contribution in [0.5, 0.6) is 0 Å². The van der Waals surface area contributed by atoms with Crippen LogP contribution in [0, 0.1) is 6.92 Å². The fraction of sp³-hybridized carbons (Fsp3) is 0.684. The Kier molecular flexibility index (Phi) is 6.86. The highest BCUT2D eigenvalue weighted by atomic mass is 32.2. The van der Waals surface area contributed by atoms with Crippen molar-refractivity contribution in [2.45, 2.75) is 48.6 Å². The molecule has 3 heterocycles. The standard InChI is InChI=1S/C13H17NO2S2.C6H13NOS/c1-11-2-4-12(5-3-11)18(15,16)14-10-13(14)6-8-17-9-7-13;7-6(5-8)1-3-9-4-2-6/h2-5H,6-10H2,1H3;8H,1-5,7H2. The molecule has 4 rings (SSSR count). The van der Waals surface area contributed by atoms with Gasteiger partial charge in [0.05, 0.1) is 17.0 Å². The molecule has 1 unspecified atom stereocenters. The largest absolute Gasteiger partial charge is 0.394 e. The molecule has 3 aliphatic heterocycles. The van der Waals surface area contributed by atoms with E-state index in [-0.39, 0.29) is 17.7 Å². The summed E-state index contributed by atoms with van der Waals surface area (Å²) in [6, 6.07) is 7.15. The van der Waals surface area contributed by atoms with Gasteiger partial charge in [0.25, 0.3) is 0 Å². The smallest absolute Gasteiger partial charge is 0.243 e. The quantitative estimate of drug-likeness (QED) is 0.717. The van der Waals surface area contributed by atoms with Gasteiger partial charge < -0.3 is 10.8 Å². The molecule has 1 aromatic rings. The lowest BCUT2D eigenvalue weighted by molar-refractivity contribution is 0.187. The van der Waals surface area contributed by atoms with E-state index < -0.39 is 10.0 Å². The first-order chi connectivity index (χ1) is 12.8. The van der Waals surface area contributed by atoms with Gasteiger partial charge in [-0.1, -0.05) is 17.7 Å². The second-order valence-corrected chi connectivity index (χ2v) is 12.1. The van der Waals surface area contributed by atoms with Crippen LogP contribution in [0.3, 0.4) is 0 Å². The first-order valence-corrected chi connectivity index (χ1v) is 13.2. The van der Waals surface area contributed by atoms with Crippen LogP contribution in [0.2, 0.25) is 0 Å². The van der Waals surface area contributed by atoms with Gasteiger partial charge in [-0.05, 0) is 67.8 Å². The average molecular weight is 431 g/mol. The number of hydrogen-bond acceptors (Lipinski definition) is 6. The van der Waals surface area contributed by atoms with E-state index in [2.05, 4.69) is 0 Å². The van der Waals surface area contributed by atoms with Crippen LogP contribution in [0.1, 0.15) is 31.2 Å². The summed E-state index contributed by atoms with van der Waals surface area (Å²) in [6.07, 6.45) is 3.94. The number of rotatable bonds is 3. The molecule has 1 aromatic carbocycles. The van der Waals surface area contributed by atoms with Crippen LogP contribution in [0.15, 0.2) is 29.2 Å². The van der Waals surface area contributed by atoms with Crippen molar-refractivity contribution in [3.8, 4) is 0 Å². The van der Waals surface area contributed by atoms with Crippen molar-refractivity contribution in [2.75, 3.05) is 36.2 Å². The minimum Gasteiger partial charge on any atom is -0.394 e. The number of aryl methyl sites for hydroxylation is 1. The summed E-state index contributed by atoms with van der Waals surface area (Å²) in [6.45, 7) is 2.82. The summed E-state index contributed by atoms with van der Waals surface area (Å²) in [7, 11) is -3.27. The molecule has 152 valence electrons. The Labute approximate surface area is 171 Å². The third-order valence-electron chi connectivity index (χ3n) is 5.70. The molecular formula is C19H30N2O3S3. The Bertz CT molecular complexity index is 725. The molecular weight excluding hydrogens is 400 g/mol. The van der Waals surface area contributed by atoms with Gasteiger partial charge >= 0.3 is 0 Å². The van der Waals surface area contributed by atoms with E-state index in [1.807, 2.05) is 42.6 Å². The topological polar surface area (TPSA) is 83.4 Å². The first kappa shape index (κ1) is 21.5. The molecule has 27 heavy (non-hydrogen) atoms. The Morgan fingerprint density at radius 1 is 1.04 bits per heavy atom. The number of aliphatic hydroxyl groups is 1. The molecule has 0 radical (unpaired) electrons. The van der Waals surface area contributed by atoms with Gasteiger partial charge in [-0.25, -0.2) is 8.42 Å². The fourth-order valence-corrected chi connectivity index (χ4v) is 7.90.